The first-order valence-corrected chi connectivity index (χ1v) is 8.20. The van der Waals surface area contributed by atoms with E-state index in [1.807, 2.05) is 0 Å². The molecule has 2 aliphatic rings. The molecule has 0 aromatic carbocycles. The van der Waals surface area contributed by atoms with Crippen molar-refractivity contribution >= 4 is 43.8 Å². The predicted molar refractivity (Wildman–Crippen MR) is 99.0 cm³/mol. The van der Waals surface area contributed by atoms with E-state index in [2.05, 4.69) is 5.32 Å². The highest BCUT2D eigenvalue weighted by Gasteiger charge is 2.57. The number of amides is 1. The summed E-state index contributed by atoms with van der Waals surface area (Å²) in [6.07, 6.45) is 2.43. The molecule has 4 atom stereocenters. The van der Waals surface area contributed by atoms with Gasteiger partial charge in [0, 0.05) is 25.0 Å². The second kappa shape index (κ2) is 9.94. The number of nitrogens with two attached hydrogens (primary N) is 1. The SMILES string of the molecule is C[C@H](N)C(=O)N1CCC2C1CNC2(CCCCB(O)O)C(=O)O.Cl.Cl. The van der Waals surface area contributed by atoms with E-state index < -0.39 is 24.7 Å². The molecule has 0 aromatic heterocycles. The first kappa shape index (κ1) is 24.4. The lowest BCUT2D eigenvalue weighted by Crippen LogP contribution is -2.52. The zero-order valence-electron chi connectivity index (χ0n) is 14.3. The van der Waals surface area contributed by atoms with Crippen LogP contribution in [0.5, 0.6) is 0 Å². The Bertz CT molecular complexity index is 472. The van der Waals surface area contributed by atoms with Crippen molar-refractivity contribution in [2.24, 2.45) is 11.7 Å². The minimum Gasteiger partial charge on any atom is -0.480 e. The molecule has 25 heavy (non-hydrogen) atoms. The maximum Gasteiger partial charge on any atom is 0.451 e. The fourth-order valence-electron chi connectivity index (χ4n) is 3.98. The fraction of sp³-hybridized carbons (Fsp3) is 0.857. The van der Waals surface area contributed by atoms with Crippen molar-refractivity contribution in [3.63, 3.8) is 0 Å². The van der Waals surface area contributed by atoms with Crippen LogP contribution < -0.4 is 11.1 Å². The van der Waals surface area contributed by atoms with Crippen LogP contribution in [0.1, 0.15) is 32.6 Å². The van der Waals surface area contributed by atoms with Gasteiger partial charge in [-0.3, -0.25) is 14.9 Å². The molecular formula is C14H28BCl2N3O5. The summed E-state index contributed by atoms with van der Waals surface area (Å²) < 4.78 is 0. The highest BCUT2D eigenvalue weighted by atomic mass is 35.5. The van der Waals surface area contributed by atoms with Crippen LogP contribution in [0.4, 0.5) is 0 Å². The highest BCUT2D eigenvalue weighted by Crippen LogP contribution is 2.41. The number of unbranched alkanes of at least 4 members (excludes halogenated alkanes) is 1. The van der Waals surface area contributed by atoms with Crippen molar-refractivity contribution < 1.29 is 24.7 Å². The van der Waals surface area contributed by atoms with Gasteiger partial charge in [0.1, 0.15) is 5.54 Å². The minimum absolute atomic E-state index is 0. The van der Waals surface area contributed by atoms with Crippen LogP contribution in [-0.2, 0) is 9.59 Å². The van der Waals surface area contributed by atoms with Gasteiger partial charge in [0.2, 0.25) is 5.91 Å². The maximum atomic E-state index is 12.2. The summed E-state index contributed by atoms with van der Waals surface area (Å²) in [7, 11) is -1.36. The Balaban J connectivity index is 0.00000288. The zero-order chi connectivity index (χ0) is 17.2. The monoisotopic (exact) mass is 399 g/mol. The first-order valence-electron chi connectivity index (χ1n) is 8.20. The second-order valence-corrected chi connectivity index (χ2v) is 6.67. The van der Waals surface area contributed by atoms with E-state index in [9.17, 15) is 14.7 Å². The van der Waals surface area contributed by atoms with Gasteiger partial charge in [0.15, 0.2) is 0 Å². The average Bonchev–Trinajstić information content (AvgIpc) is 3.03. The maximum absolute atomic E-state index is 12.2. The number of hydrogen-bond donors (Lipinski definition) is 5. The Hall–Kier alpha value is -0.575. The molecule has 2 rings (SSSR count). The molecule has 0 spiro atoms. The number of carbonyl (C=O) groups excluding carboxylic acids is 1. The van der Waals surface area contributed by atoms with Gasteiger partial charge in [-0.1, -0.05) is 12.8 Å². The summed E-state index contributed by atoms with van der Waals surface area (Å²) in [4.78, 5) is 25.8. The van der Waals surface area contributed by atoms with Crippen LogP contribution in [0.3, 0.4) is 0 Å². The van der Waals surface area contributed by atoms with Crippen molar-refractivity contribution in [2.45, 2.75) is 56.5 Å². The van der Waals surface area contributed by atoms with E-state index in [4.69, 9.17) is 15.8 Å². The average molecular weight is 400 g/mol. The Morgan fingerprint density at radius 1 is 1.36 bits per heavy atom. The molecule has 2 aliphatic heterocycles. The van der Waals surface area contributed by atoms with Crippen LogP contribution in [0, 0.1) is 5.92 Å². The molecule has 3 unspecified atom stereocenters. The molecular weight excluding hydrogens is 372 g/mol. The number of halogens is 2. The number of carboxylic acids is 1. The summed E-state index contributed by atoms with van der Waals surface area (Å²) in [5.41, 5.74) is 4.63. The third kappa shape index (κ3) is 4.99. The molecule has 8 nitrogen and oxygen atoms in total. The van der Waals surface area contributed by atoms with Gasteiger partial charge in [0.05, 0.1) is 6.04 Å². The van der Waals surface area contributed by atoms with Gasteiger partial charge in [0.25, 0.3) is 0 Å². The number of nitrogens with one attached hydrogen (secondary N) is 1. The number of fused-ring (bicyclic) bond motifs is 1. The quantitative estimate of drug-likeness (QED) is 0.286. The van der Waals surface area contributed by atoms with Crippen LogP contribution in [0.25, 0.3) is 0 Å². The molecule has 2 heterocycles. The smallest absolute Gasteiger partial charge is 0.451 e. The largest absolute Gasteiger partial charge is 0.480 e. The van der Waals surface area contributed by atoms with Gasteiger partial charge in [-0.2, -0.15) is 0 Å². The number of hydrogen-bond acceptors (Lipinski definition) is 6. The zero-order valence-corrected chi connectivity index (χ0v) is 15.9. The molecule has 0 aliphatic carbocycles. The molecule has 0 saturated carbocycles. The summed E-state index contributed by atoms with van der Waals surface area (Å²) in [5.74, 6) is -1.17. The van der Waals surface area contributed by atoms with E-state index in [1.54, 1.807) is 11.8 Å². The number of carboxylic acid groups (broad SMARTS) is 1. The molecule has 146 valence electrons. The molecule has 2 saturated heterocycles. The van der Waals surface area contributed by atoms with Gasteiger partial charge in [-0.15, -0.1) is 24.8 Å². The van der Waals surface area contributed by atoms with E-state index in [0.717, 1.165) is 0 Å². The number of aliphatic carboxylic acids is 1. The third-order valence-corrected chi connectivity index (χ3v) is 5.14. The van der Waals surface area contributed by atoms with Crippen molar-refractivity contribution in [1.82, 2.24) is 10.2 Å². The second-order valence-electron chi connectivity index (χ2n) is 6.67. The number of likely N-dealkylation sites (tertiary alicyclic amines) is 1. The molecule has 0 bridgehead atoms. The van der Waals surface area contributed by atoms with Crippen LogP contribution in [0.2, 0.25) is 6.32 Å². The number of rotatable bonds is 7. The fourth-order valence-corrected chi connectivity index (χ4v) is 3.98. The summed E-state index contributed by atoms with van der Waals surface area (Å²) in [6, 6.07) is -0.715. The van der Waals surface area contributed by atoms with Crippen molar-refractivity contribution in [2.75, 3.05) is 13.1 Å². The first-order chi connectivity index (χ1) is 10.8. The van der Waals surface area contributed by atoms with Crippen molar-refractivity contribution in [3.8, 4) is 0 Å². The lowest BCUT2D eigenvalue weighted by Gasteiger charge is -2.31. The molecule has 0 aromatic rings. The van der Waals surface area contributed by atoms with Gasteiger partial charge in [-0.25, -0.2) is 0 Å². The number of carbonyl (C=O) groups is 2. The molecule has 2 fully saturated rings. The highest BCUT2D eigenvalue weighted by molar-refractivity contribution is 6.40. The summed E-state index contributed by atoms with van der Waals surface area (Å²) in [6.45, 7) is 2.64. The van der Waals surface area contributed by atoms with Gasteiger partial charge < -0.3 is 25.8 Å². The normalized spacial score (nSPS) is 28.6. The Morgan fingerprint density at radius 2 is 2.00 bits per heavy atom. The van der Waals surface area contributed by atoms with Gasteiger partial charge >= 0.3 is 13.1 Å². The molecule has 11 heteroatoms. The van der Waals surface area contributed by atoms with E-state index in [1.165, 1.54) is 0 Å². The topological polar surface area (TPSA) is 136 Å². The summed E-state index contributed by atoms with van der Waals surface area (Å²) >= 11 is 0. The number of nitrogens with zero attached hydrogens (tertiary/aromatic N) is 1. The summed E-state index contributed by atoms with van der Waals surface area (Å²) in [5, 5.41) is 30.7. The molecule has 0 radical (unpaired) electrons. The minimum atomic E-state index is -1.36. The van der Waals surface area contributed by atoms with Crippen LogP contribution >= 0.6 is 24.8 Å². The Labute approximate surface area is 160 Å². The lowest BCUT2D eigenvalue weighted by atomic mass is 9.77. The van der Waals surface area contributed by atoms with Crippen LogP contribution in [0.15, 0.2) is 0 Å². The van der Waals surface area contributed by atoms with Crippen molar-refractivity contribution in [3.05, 3.63) is 0 Å². The van der Waals surface area contributed by atoms with Crippen molar-refractivity contribution in [1.29, 1.82) is 0 Å². The third-order valence-electron chi connectivity index (χ3n) is 5.14. The van der Waals surface area contributed by atoms with E-state index >= 15 is 0 Å². The molecule has 1 amide bonds. The Morgan fingerprint density at radius 3 is 2.52 bits per heavy atom. The standard InChI is InChI=1S/C14H26BN3O5.2ClH/c1-9(16)12(19)18-7-4-10-11(18)8-17-14(10,13(20)21)5-2-3-6-15(22)23;;/h9-11,17,22-23H,2-8,16H2,1H3,(H,20,21);2*1H/t9-,10?,11?,14?;;/m0../s1. The van der Waals surface area contributed by atoms with Crippen LogP contribution in [-0.4, -0.2) is 69.8 Å². The predicted octanol–water partition coefficient (Wildman–Crippen LogP) is -0.536. The van der Waals surface area contributed by atoms with Gasteiger partial charge in [-0.05, 0) is 26.1 Å². The van der Waals surface area contributed by atoms with E-state index in [-0.39, 0.29) is 49.0 Å². The lowest BCUT2D eigenvalue weighted by molar-refractivity contribution is -0.146. The molecule has 6 N–H and O–H groups in total. The van der Waals surface area contributed by atoms with E-state index in [0.29, 0.717) is 38.8 Å². The Kier molecular flexibility index (Phi) is 9.71.